The summed E-state index contributed by atoms with van der Waals surface area (Å²) in [6, 6.07) is 3.83. The first-order valence-corrected chi connectivity index (χ1v) is 5.52. The first-order valence-electron chi connectivity index (χ1n) is 4.73. The van der Waals surface area contributed by atoms with Crippen LogP contribution in [-0.2, 0) is 11.3 Å². The van der Waals surface area contributed by atoms with Crippen molar-refractivity contribution in [2.45, 2.75) is 6.61 Å². The van der Waals surface area contributed by atoms with Gasteiger partial charge < -0.3 is 15.8 Å². The van der Waals surface area contributed by atoms with Crippen LogP contribution in [0.15, 0.2) is 39.8 Å². The van der Waals surface area contributed by atoms with Crippen LogP contribution in [0.4, 0.5) is 0 Å². The van der Waals surface area contributed by atoms with Crippen molar-refractivity contribution in [2.75, 3.05) is 6.54 Å². The molecular weight excluding hydrogens is 272 g/mol. The van der Waals surface area contributed by atoms with Crippen LogP contribution in [0.2, 0.25) is 0 Å². The van der Waals surface area contributed by atoms with E-state index in [0.29, 0.717) is 19.1 Å². The quantitative estimate of drug-likeness (QED) is 0.872. The lowest BCUT2D eigenvalue weighted by Crippen LogP contribution is -2.31. The van der Waals surface area contributed by atoms with E-state index in [2.05, 4.69) is 31.2 Å². The third-order valence-corrected chi connectivity index (χ3v) is 2.45. The first kappa shape index (κ1) is 10.9. The topological polar surface area (TPSA) is 72.5 Å². The van der Waals surface area contributed by atoms with E-state index >= 15 is 0 Å². The molecule has 1 aromatic rings. The molecule has 0 radical (unpaired) electrons. The van der Waals surface area contributed by atoms with Crippen LogP contribution in [-0.4, -0.2) is 17.5 Å². The van der Waals surface area contributed by atoms with Crippen LogP contribution in [0.5, 0.6) is 0 Å². The highest BCUT2D eigenvalue weighted by molar-refractivity contribution is 9.10. The van der Waals surface area contributed by atoms with Crippen molar-refractivity contribution in [3.05, 3.63) is 40.5 Å². The fourth-order valence-electron chi connectivity index (χ4n) is 1.15. The van der Waals surface area contributed by atoms with Crippen molar-refractivity contribution in [2.24, 2.45) is 10.7 Å². The van der Waals surface area contributed by atoms with Crippen LogP contribution in [0.3, 0.4) is 0 Å². The van der Waals surface area contributed by atoms with Gasteiger partial charge in [-0.2, -0.15) is 0 Å². The van der Waals surface area contributed by atoms with Crippen LogP contribution in [0, 0.1) is 0 Å². The largest absolute Gasteiger partial charge is 0.488 e. The lowest BCUT2D eigenvalue weighted by atomic mass is 10.4. The van der Waals surface area contributed by atoms with E-state index in [-0.39, 0.29) is 0 Å². The summed E-state index contributed by atoms with van der Waals surface area (Å²) in [4.78, 5) is 8.20. The summed E-state index contributed by atoms with van der Waals surface area (Å²) in [6.07, 6.45) is 3.45. The monoisotopic (exact) mass is 282 g/mol. The van der Waals surface area contributed by atoms with Gasteiger partial charge in [0.05, 0.1) is 5.69 Å². The second-order valence-electron chi connectivity index (χ2n) is 3.21. The molecule has 2 heterocycles. The van der Waals surface area contributed by atoms with Gasteiger partial charge in [-0.25, -0.2) is 4.99 Å². The average molecular weight is 283 g/mol. The molecule has 0 aromatic carbocycles. The Morgan fingerprint density at radius 1 is 1.50 bits per heavy atom. The van der Waals surface area contributed by atoms with Gasteiger partial charge in [0.15, 0.2) is 5.96 Å². The number of rotatable bonds is 3. The molecule has 1 aliphatic heterocycles. The Labute approximate surface area is 102 Å². The molecule has 0 saturated carbocycles. The number of nitrogens with zero attached hydrogens (tertiary/aromatic N) is 2. The minimum atomic E-state index is 0.411. The highest BCUT2D eigenvalue weighted by Gasteiger charge is 2.04. The van der Waals surface area contributed by atoms with Gasteiger partial charge in [-0.3, -0.25) is 4.98 Å². The highest BCUT2D eigenvalue weighted by atomic mass is 79.9. The van der Waals surface area contributed by atoms with Gasteiger partial charge in [0.25, 0.3) is 0 Å². The van der Waals surface area contributed by atoms with E-state index in [1.54, 1.807) is 12.4 Å². The predicted molar refractivity (Wildman–Crippen MR) is 64.4 cm³/mol. The van der Waals surface area contributed by atoms with Gasteiger partial charge in [0.2, 0.25) is 0 Å². The zero-order valence-electron chi connectivity index (χ0n) is 8.48. The molecule has 0 bridgehead atoms. The third kappa shape index (κ3) is 2.96. The number of hydrogen-bond acceptors (Lipinski definition) is 5. The number of nitrogens with one attached hydrogen (secondary N) is 1. The molecule has 5 nitrogen and oxygen atoms in total. The van der Waals surface area contributed by atoms with Crippen molar-refractivity contribution in [1.82, 2.24) is 10.3 Å². The van der Waals surface area contributed by atoms with Crippen LogP contribution in [0.1, 0.15) is 5.69 Å². The Hall–Kier alpha value is -1.56. The molecule has 1 aromatic heterocycles. The third-order valence-electron chi connectivity index (χ3n) is 1.98. The molecule has 2 rings (SSSR count). The van der Waals surface area contributed by atoms with E-state index in [4.69, 9.17) is 10.5 Å². The lowest BCUT2D eigenvalue weighted by Gasteiger charge is -2.13. The van der Waals surface area contributed by atoms with E-state index in [9.17, 15) is 0 Å². The zero-order valence-corrected chi connectivity index (χ0v) is 10.1. The summed E-state index contributed by atoms with van der Waals surface area (Å²) in [5.41, 5.74) is 6.31. The standard InChI is InChI=1S/C10H11BrN4O/c11-7-1-2-8(13-3-7)6-16-9-4-14-10(12)15-5-9/h1-4H,5-6H2,(H3,12,14,15). The van der Waals surface area contributed by atoms with Gasteiger partial charge in [-0.1, -0.05) is 0 Å². The molecule has 16 heavy (non-hydrogen) atoms. The number of pyridine rings is 1. The maximum atomic E-state index is 5.52. The van der Waals surface area contributed by atoms with Crippen molar-refractivity contribution in [1.29, 1.82) is 0 Å². The fraction of sp³-hybridized carbons (Fsp3) is 0.200. The number of aromatic nitrogens is 1. The second kappa shape index (κ2) is 4.98. The van der Waals surface area contributed by atoms with Crippen LogP contribution < -0.4 is 11.1 Å². The molecule has 0 saturated heterocycles. The number of aliphatic imine (C=N–C) groups is 1. The van der Waals surface area contributed by atoms with Crippen molar-refractivity contribution < 1.29 is 4.74 Å². The summed E-state index contributed by atoms with van der Waals surface area (Å²) in [5, 5.41) is 2.79. The minimum Gasteiger partial charge on any atom is -0.488 e. The van der Waals surface area contributed by atoms with Crippen LogP contribution in [0.25, 0.3) is 0 Å². The molecule has 3 N–H and O–H groups in total. The van der Waals surface area contributed by atoms with Crippen molar-refractivity contribution in [3.63, 3.8) is 0 Å². The summed E-state index contributed by atoms with van der Waals surface area (Å²) in [5.74, 6) is 1.16. The smallest absolute Gasteiger partial charge is 0.193 e. The van der Waals surface area contributed by atoms with E-state index in [1.807, 2.05) is 12.1 Å². The van der Waals surface area contributed by atoms with Gasteiger partial charge in [0.1, 0.15) is 18.9 Å². The van der Waals surface area contributed by atoms with Gasteiger partial charge in [-0.15, -0.1) is 0 Å². The normalized spacial score (nSPS) is 14.8. The van der Waals surface area contributed by atoms with Crippen molar-refractivity contribution in [3.8, 4) is 0 Å². The fourth-order valence-corrected chi connectivity index (χ4v) is 1.39. The Morgan fingerprint density at radius 3 is 3.00 bits per heavy atom. The molecule has 0 amide bonds. The highest BCUT2D eigenvalue weighted by Crippen LogP contribution is 2.10. The maximum absolute atomic E-state index is 5.52. The predicted octanol–water partition coefficient (Wildman–Crippen LogP) is 1.12. The number of ether oxygens (including phenoxy) is 1. The molecule has 0 unspecified atom stereocenters. The number of halogens is 1. The summed E-state index contributed by atoms with van der Waals surface area (Å²) >= 11 is 3.32. The Bertz CT molecular complexity index is 427. The zero-order chi connectivity index (χ0) is 11.4. The Balaban J connectivity index is 1.86. The number of nitrogens with two attached hydrogens (primary N) is 1. The molecule has 6 heteroatoms. The molecule has 0 fully saturated rings. The van der Waals surface area contributed by atoms with Gasteiger partial charge in [0, 0.05) is 16.9 Å². The summed E-state index contributed by atoms with van der Waals surface area (Å²) in [7, 11) is 0. The van der Waals surface area contributed by atoms with Gasteiger partial charge >= 0.3 is 0 Å². The SMILES string of the molecule is NC1=NCC(OCc2ccc(Br)cn2)=CN1. The minimum absolute atomic E-state index is 0.411. The van der Waals surface area contributed by atoms with Gasteiger partial charge in [-0.05, 0) is 28.1 Å². The first-order chi connectivity index (χ1) is 7.74. The van der Waals surface area contributed by atoms with Crippen LogP contribution >= 0.6 is 15.9 Å². The number of guanidine groups is 1. The van der Waals surface area contributed by atoms with E-state index in [0.717, 1.165) is 15.9 Å². The van der Waals surface area contributed by atoms with E-state index in [1.165, 1.54) is 0 Å². The second-order valence-corrected chi connectivity index (χ2v) is 4.13. The molecule has 1 aliphatic rings. The Morgan fingerprint density at radius 2 is 2.38 bits per heavy atom. The summed E-state index contributed by atoms with van der Waals surface area (Å²) < 4.78 is 6.47. The maximum Gasteiger partial charge on any atom is 0.193 e. The molecule has 0 aliphatic carbocycles. The van der Waals surface area contributed by atoms with E-state index < -0.39 is 0 Å². The average Bonchev–Trinajstić information content (AvgIpc) is 2.30. The molecular formula is C10H11BrN4O. The summed E-state index contributed by atoms with van der Waals surface area (Å²) in [6.45, 7) is 0.894. The number of hydrogen-bond donors (Lipinski definition) is 2. The Kier molecular flexibility index (Phi) is 3.40. The van der Waals surface area contributed by atoms with Crippen molar-refractivity contribution >= 4 is 21.9 Å². The molecule has 84 valence electrons. The molecule has 0 spiro atoms. The lowest BCUT2D eigenvalue weighted by molar-refractivity contribution is 0.190. The molecule has 0 atom stereocenters.